The van der Waals surface area contributed by atoms with Crippen LogP contribution in [0.15, 0.2) is 42.5 Å². The van der Waals surface area contributed by atoms with Crippen LogP contribution in [-0.2, 0) is 10.0 Å². The summed E-state index contributed by atoms with van der Waals surface area (Å²) < 4.78 is 38.0. The van der Waals surface area contributed by atoms with Gasteiger partial charge >= 0.3 is 0 Å². The van der Waals surface area contributed by atoms with Crippen LogP contribution in [-0.4, -0.2) is 27.6 Å². The first-order chi connectivity index (χ1) is 12.5. The first-order valence-corrected chi connectivity index (χ1v) is 10.5. The molecule has 0 spiro atoms. The Morgan fingerprint density at radius 2 is 1.63 bits per heavy atom. The Morgan fingerprint density at radius 3 is 2.15 bits per heavy atom. The lowest BCUT2D eigenvalue weighted by atomic mass is 9.99. The summed E-state index contributed by atoms with van der Waals surface area (Å²) in [6, 6.07) is 10.7. The van der Waals surface area contributed by atoms with Gasteiger partial charge in [-0.2, -0.15) is 0 Å². The molecule has 2 rings (SSSR count). The van der Waals surface area contributed by atoms with Crippen LogP contribution in [0.1, 0.15) is 54.2 Å². The minimum atomic E-state index is -3.44. The van der Waals surface area contributed by atoms with Crippen molar-refractivity contribution in [3.8, 4) is 0 Å². The van der Waals surface area contributed by atoms with E-state index in [4.69, 9.17) is 0 Å². The van der Waals surface area contributed by atoms with E-state index in [1.165, 1.54) is 19.2 Å². The lowest BCUT2D eigenvalue weighted by Gasteiger charge is -2.21. The van der Waals surface area contributed by atoms with E-state index in [9.17, 15) is 17.6 Å². The number of halogens is 1. The number of sulfonamides is 1. The Bertz CT molecular complexity index is 925. The minimum Gasteiger partial charge on any atom is -0.346 e. The second-order valence-electron chi connectivity index (χ2n) is 6.95. The van der Waals surface area contributed by atoms with Crippen molar-refractivity contribution in [3.05, 3.63) is 65.0 Å². The van der Waals surface area contributed by atoms with Gasteiger partial charge in [-0.1, -0.05) is 26.0 Å². The highest BCUT2D eigenvalue weighted by molar-refractivity contribution is 7.92. The van der Waals surface area contributed by atoms with Crippen molar-refractivity contribution in [2.24, 2.45) is 0 Å². The van der Waals surface area contributed by atoms with E-state index >= 15 is 0 Å². The standard InChI is InChI=1S/C20H25FN2O3S/c1-13(2)16-10-17(12-19(11-16)23(4)27(5,25)26)20(24)22-14(3)15-6-8-18(21)9-7-15/h6-14H,1-5H3,(H,22,24). The van der Waals surface area contributed by atoms with E-state index in [0.29, 0.717) is 11.3 Å². The minimum absolute atomic E-state index is 0.124. The Morgan fingerprint density at radius 1 is 1.04 bits per heavy atom. The van der Waals surface area contributed by atoms with Crippen molar-refractivity contribution in [1.82, 2.24) is 5.32 Å². The molecule has 1 unspecified atom stereocenters. The van der Waals surface area contributed by atoms with E-state index in [2.05, 4.69) is 5.32 Å². The zero-order chi connectivity index (χ0) is 20.4. The average molecular weight is 392 g/mol. The first kappa shape index (κ1) is 20.9. The van der Waals surface area contributed by atoms with Gasteiger partial charge in [0.15, 0.2) is 0 Å². The normalized spacial score (nSPS) is 12.7. The van der Waals surface area contributed by atoms with Crippen LogP contribution in [0.25, 0.3) is 0 Å². The molecule has 0 aliphatic heterocycles. The van der Waals surface area contributed by atoms with Crippen LogP contribution in [0.5, 0.6) is 0 Å². The van der Waals surface area contributed by atoms with E-state index in [0.717, 1.165) is 21.7 Å². The van der Waals surface area contributed by atoms with Crippen LogP contribution >= 0.6 is 0 Å². The van der Waals surface area contributed by atoms with Crippen LogP contribution < -0.4 is 9.62 Å². The van der Waals surface area contributed by atoms with E-state index in [1.54, 1.807) is 37.3 Å². The van der Waals surface area contributed by atoms with Crippen LogP contribution in [0.3, 0.4) is 0 Å². The third kappa shape index (κ3) is 5.29. The summed E-state index contributed by atoms with van der Waals surface area (Å²) in [5.41, 5.74) is 2.45. The van der Waals surface area contributed by atoms with Gasteiger partial charge in [-0.25, -0.2) is 12.8 Å². The summed E-state index contributed by atoms with van der Waals surface area (Å²) in [7, 11) is -1.99. The van der Waals surface area contributed by atoms with Crippen molar-refractivity contribution >= 4 is 21.6 Å². The molecule has 0 aliphatic rings. The van der Waals surface area contributed by atoms with E-state index in [-0.39, 0.29) is 23.7 Å². The third-order valence-corrected chi connectivity index (χ3v) is 5.65. The number of nitrogens with zero attached hydrogens (tertiary/aromatic N) is 1. The molecule has 1 N–H and O–H groups in total. The maximum atomic E-state index is 13.1. The molecule has 0 saturated heterocycles. The topological polar surface area (TPSA) is 66.5 Å². The van der Waals surface area contributed by atoms with Gasteiger partial charge in [0, 0.05) is 12.6 Å². The lowest BCUT2D eigenvalue weighted by Crippen LogP contribution is -2.28. The van der Waals surface area contributed by atoms with Crippen molar-refractivity contribution in [2.45, 2.75) is 32.7 Å². The Labute approximate surface area is 160 Å². The molecule has 7 heteroatoms. The average Bonchev–Trinajstić information content (AvgIpc) is 2.60. The lowest BCUT2D eigenvalue weighted by molar-refractivity contribution is 0.0940. The molecule has 27 heavy (non-hydrogen) atoms. The quantitative estimate of drug-likeness (QED) is 0.812. The number of benzene rings is 2. The fourth-order valence-corrected chi connectivity index (χ4v) is 3.08. The Kier molecular flexibility index (Phi) is 6.26. The molecule has 146 valence electrons. The highest BCUT2D eigenvalue weighted by Gasteiger charge is 2.18. The fourth-order valence-electron chi connectivity index (χ4n) is 2.59. The van der Waals surface area contributed by atoms with Crippen LogP contribution in [0.2, 0.25) is 0 Å². The van der Waals surface area contributed by atoms with Crippen molar-refractivity contribution in [2.75, 3.05) is 17.6 Å². The van der Waals surface area contributed by atoms with Gasteiger partial charge in [0.05, 0.1) is 18.0 Å². The van der Waals surface area contributed by atoms with Gasteiger partial charge in [-0.3, -0.25) is 9.10 Å². The molecule has 2 aromatic rings. The molecule has 0 radical (unpaired) electrons. The largest absolute Gasteiger partial charge is 0.346 e. The van der Waals surface area contributed by atoms with Crippen LogP contribution in [0.4, 0.5) is 10.1 Å². The summed E-state index contributed by atoms with van der Waals surface area (Å²) in [5, 5.41) is 2.87. The molecule has 2 aromatic carbocycles. The molecule has 0 aromatic heterocycles. The van der Waals surface area contributed by atoms with Gasteiger partial charge in [0.25, 0.3) is 5.91 Å². The van der Waals surface area contributed by atoms with Gasteiger partial charge in [-0.05, 0) is 54.3 Å². The summed E-state index contributed by atoms with van der Waals surface area (Å²) in [5.74, 6) is -0.535. The van der Waals surface area contributed by atoms with Gasteiger partial charge in [0.2, 0.25) is 10.0 Å². The highest BCUT2D eigenvalue weighted by atomic mass is 32.2. The summed E-state index contributed by atoms with van der Waals surface area (Å²) in [6.45, 7) is 5.76. The molecule has 0 heterocycles. The molecule has 1 atom stereocenters. The monoisotopic (exact) mass is 392 g/mol. The number of hydrogen-bond acceptors (Lipinski definition) is 3. The zero-order valence-corrected chi connectivity index (χ0v) is 17.0. The molecular weight excluding hydrogens is 367 g/mol. The Hall–Kier alpha value is -2.41. The number of carbonyl (C=O) groups excluding carboxylic acids is 1. The molecule has 5 nitrogen and oxygen atoms in total. The SMILES string of the molecule is CC(C)c1cc(C(=O)NC(C)c2ccc(F)cc2)cc(N(C)S(C)(=O)=O)c1. The molecule has 0 saturated carbocycles. The van der Waals surface area contributed by atoms with Crippen LogP contribution in [0, 0.1) is 5.82 Å². The van der Waals surface area contributed by atoms with Gasteiger partial charge in [0.1, 0.15) is 5.82 Å². The van der Waals surface area contributed by atoms with E-state index < -0.39 is 10.0 Å². The van der Waals surface area contributed by atoms with Gasteiger partial charge in [-0.15, -0.1) is 0 Å². The maximum Gasteiger partial charge on any atom is 0.251 e. The highest BCUT2D eigenvalue weighted by Crippen LogP contribution is 2.25. The molecule has 0 fully saturated rings. The fraction of sp³-hybridized carbons (Fsp3) is 0.350. The number of rotatable bonds is 6. The number of carbonyl (C=O) groups is 1. The predicted molar refractivity (Wildman–Crippen MR) is 106 cm³/mol. The summed E-state index contributed by atoms with van der Waals surface area (Å²) in [4.78, 5) is 12.7. The second-order valence-corrected chi connectivity index (χ2v) is 8.96. The van der Waals surface area contributed by atoms with Crippen molar-refractivity contribution < 1.29 is 17.6 Å². The van der Waals surface area contributed by atoms with Crippen molar-refractivity contribution in [3.63, 3.8) is 0 Å². The molecule has 1 amide bonds. The van der Waals surface area contributed by atoms with Crippen molar-refractivity contribution in [1.29, 1.82) is 0 Å². The number of anilines is 1. The van der Waals surface area contributed by atoms with E-state index in [1.807, 2.05) is 13.8 Å². The summed E-state index contributed by atoms with van der Waals surface area (Å²) >= 11 is 0. The molecular formula is C20H25FN2O3S. The number of amides is 1. The first-order valence-electron chi connectivity index (χ1n) is 8.64. The molecule has 0 bridgehead atoms. The smallest absolute Gasteiger partial charge is 0.251 e. The molecule has 0 aliphatic carbocycles. The number of hydrogen-bond donors (Lipinski definition) is 1. The number of nitrogens with one attached hydrogen (secondary N) is 1. The third-order valence-electron chi connectivity index (χ3n) is 4.45. The zero-order valence-electron chi connectivity index (χ0n) is 16.2. The predicted octanol–water partition coefficient (Wildman–Crippen LogP) is 3.84. The Balaban J connectivity index is 2.34. The van der Waals surface area contributed by atoms with Gasteiger partial charge < -0.3 is 5.32 Å². The maximum absolute atomic E-state index is 13.1. The second kappa shape index (κ2) is 8.08. The summed E-state index contributed by atoms with van der Waals surface area (Å²) in [6.07, 6.45) is 1.12.